The van der Waals surface area contributed by atoms with Gasteiger partial charge in [0.1, 0.15) is 11.5 Å². The third-order valence-electron chi connectivity index (χ3n) is 11.2. The Balaban J connectivity index is 1.09. The maximum absolute atomic E-state index is 7.00. The van der Waals surface area contributed by atoms with E-state index in [1.54, 1.807) is 0 Å². The van der Waals surface area contributed by atoms with Crippen LogP contribution >= 0.6 is 0 Å². The second-order valence-corrected chi connectivity index (χ2v) is 18.2. The normalized spacial score (nSPS) is 12.5. The number of nitrogens with zero attached hydrogens (tertiary/aromatic N) is 1. The lowest BCUT2D eigenvalue weighted by atomic mass is 10.0. The highest BCUT2D eigenvalue weighted by Crippen LogP contribution is 2.41. The third-order valence-corrected chi connectivity index (χ3v) is 16.1. The maximum Gasteiger partial charge on any atom is 0.188 e. The Morgan fingerprint density at radius 2 is 0.684 bits per heavy atom. The van der Waals surface area contributed by atoms with Crippen molar-refractivity contribution in [3.8, 4) is 44.9 Å². The predicted octanol–water partition coefficient (Wildman–Crippen LogP) is 11.6. The highest BCUT2D eigenvalue weighted by atomic mass is 28.3. The molecule has 2 nitrogen and oxygen atoms in total. The molecule has 0 bridgehead atoms. The molecule has 0 aliphatic carbocycles. The number of hydrogen-bond acceptors (Lipinski definition) is 2. The number of fused-ring (bicyclic) bond motifs is 2. The van der Waals surface area contributed by atoms with Gasteiger partial charge in [0.05, 0.1) is 0 Å². The highest BCUT2D eigenvalue weighted by molar-refractivity contribution is 7.20. The summed E-state index contributed by atoms with van der Waals surface area (Å²) in [5, 5.41) is 5.22. The van der Waals surface area contributed by atoms with Crippen LogP contribution in [0.2, 0.25) is 0 Å². The Labute approximate surface area is 335 Å². The van der Waals surface area contributed by atoms with Gasteiger partial charge in [0.2, 0.25) is 0 Å². The van der Waals surface area contributed by atoms with Crippen LogP contribution in [0.1, 0.15) is 0 Å². The molecule has 0 saturated heterocycles. The summed E-state index contributed by atoms with van der Waals surface area (Å²) in [6, 6.07) is 85.3. The summed E-state index contributed by atoms with van der Waals surface area (Å²) in [5.41, 5.74) is 10.2. The molecule has 3 heteroatoms. The maximum atomic E-state index is 7.00. The molecule has 0 unspecified atom stereocenters. The van der Waals surface area contributed by atoms with Crippen molar-refractivity contribution >= 4 is 45.9 Å². The number of para-hydroxylation sites is 2. The first-order chi connectivity index (χ1) is 28.3. The fraction of sp³-hybridized carbons (Fsp3) is 0. The molecule has 1 aliphatic heterocycles. The molecule has 0 aromatic heterocycles. The summed E-state index contributed by atoms with van der Waals surface area (Å²) in [4.78, 5) is 2.34. The first-order valence-electron chi connectivity index (χ1n) is 19.5. The van der Waals surface area contributed by atoms with Gasteiger partial charge in [0.25, 0.3) is 0 Å². The molecule has 57 heavy (non-hydrogen) atoms. The van der Waals surface area contributed by atoms with Crippen LogP contribution in [-0.4, -0.2) is 8.07 Å². The highest BCUT2D eigenvalue weighted by Gasteiger charge is 2.48. The summed E-state index contributed by atoms with van der Waals surface area (Å²) in [5.74, 6) is 1.87. The fourth-order valence-corrected chi connectivity index (χ4v) is 13.5. The molecule has 0 amide bonds. The van der Waals surface area contributed by atoms with Gasteiger partial charge < -0.3 is 9.64 Å². The second kappa shape index (κ2) is 14.8. The van der Waals surface area contributed by atoms with Crippen molar-refractivity contribution < 1.29 is 4.74 Å². The quantitative estimate of drug-likeness (QED) is 0.144. The van der Waals surface area contributed by atoms with Crippen LogP contribution in [0.15, 0.2) is 237 Å². The Kier molecular flexibility index (Phi) is 8.90. The summed E-state index contributed by atoms with van der Waals surface area (Å²) < 4.78 is 7.00. The van der Waals surface area contributed by atoms with Gasteiger partial charge in [-0.05, 0) is 91.0 Å². The lowest BCUT2D eigenvalue weighted by molar-refractivity contribution is 0.489. The van der Waals surface area contributed by atoms with E-state index in [1.165, 1.54) is 43.0 Å². The van der Waals surface area contributed by atoms with E-state index < -0.39 is 8.07 Å². The topological polar surface area (TPSA) is 12.5 Å². The zero-order chi connectivity index (χ0) is 38.0. The minimum Gasteiger partial charge on any atom is -0.457 e. The molecule has 0 spiro atoms. The minimum atomic E-state index is -2.75. The molecule has 10 rings (SSSR count). The first-order valence-corrected chi connectivity index (χ1v) is 21.5. The smallest absolute Gasteiger partial charge is 0.188 e. The van der Waals surface area contributed by atoms with E-state index in [4.69, 9.17) is 4.74 Å². The molecule has 0 atom stereocenters. The summed E-state index contributed by atoms with van der Waals surface area (Å²) in [6.07, 6.45) is 0. The molecular formula is C54H39NOSi. The first kappa shape index (κ1) is 34.3. The van der Waals surface area contributed by atoms with Crippen molar-refractivity contribution in [3.05, 3.63) is 237 Å². The van der Waals surface area contributed by atoms with Gasteiger partial charge in [-0.25, -0.2) is 0 Å². The van der Waals surface area contributed by atoms with Gasteiger partial charge in [0.15, 0.2) is 8.07 Å². The van der Waals surface area contributed by atoms with Crippen LogP contribution in [0.3, 0.4) is 0 Å². The van der Waals surface area contributed by atoms with Gasteiger partial charge in [-0.3, -0.25) is 0 Å². The van der Waals surface area contributed by atoms with Crippen molar-refractivity contribution in [3.63, 3.8) is 0 Å². The Hall–Kier alpha value is -7.20. The predicted molar refractivity (Wildman–Crippen MR) is 241 cm³/mol. The summed E-state index contributed by atoms with van der Waals surface area (Å²) in [6.45, 7) is 0. The van der Waals surface area contributed by atoms with E-state index in [2.05, 4.69) is 241 Å². The van der Waals surface area contributed by atoms with E-state index in [0.717, 1.165) is 39.7 Å². The lowest BCUT2D eigenvalue weighted by Gasteiger charge is -2.40. The van der Waals surface area contributed by atoms with Crippen molar-refractivity contribution in [2.45, 2.75) is 0 Å². The van der Waals surface area contributed by atoms with E-state index in [1.807, 2.05) is 0 Å². The van der Waals surface area contributed by atoms with E-state index in [9.17, 15) is 0 Å². The van der Waals surface area contributed by atoms with Crippen LogP contribution in [0.4, 0.5) is 17.1 Å². The van der Waals surface area contributed by atoms with Crippen LogP contribution < -0.4 is 30.4 Å². The Morgan fingerprint density at radius 1 is 0.298 bits per heavy atom. The zero-order valence-corrected chi connectivity index (χ0v) is 32.4. The molecule has 0 saturated carbocycles. The zero-order valence-electron chi connectivity index (χ0n) is 31.4. The number of benzene rings is 9. The Bertz CT molecular complexity index is 2650. The Morgan fingerprint density at radius 3 is 1.18 bits per heavy atom. The fourth-order valence-electron chi connectivity index (χ4n) is 8.56. The van der Waals surface area contributed by atoms with E-state index >= 15 is 0 Å². The minimum absolute atomic E-state index is 0.928. The second-order valence-electron chi connectivity index (χ2n) is 14.5. The molecule has 1 aliphatic rings. The number of ether oxygens (including phenoxy) is 1. The number of anilines is 3. The van der Waals surface area contributed by atoms with Crippen molar-refractivity contribution in [2.24, 2.45) is 0 Å². The molecule has 0 radical (unpaired) electrons. The van der Waals surface area contributed by atoms with Crippen LogP contribution in [0.5, 0.6) is 11.5 Å². The van der Waals surface area contributed by atoms with E-state index in [-0.39, 0.29) is 0 Å². The monoisotopic (exact) mass is 745 g/mol. The van der Waals surface area contributed by atoms with Crippen LogP contribution in [0, 0.1) is 0 Å². The van der Waals surface area contributed by atoms with Crippen LogP contribution in [-0.2, 0) is 0 Å². The molecule has 9 aromatic rings. The number of rotatable bonds is 8. The van der Waals surface area contributed by atoms with Crippen molar-refractivity contribution in [1.29, 1.82) is 0 Å². The standard InChI is InChI=1S/C54H39NOSi/c1-5-16-40(17-6-1)42-28-34-45(35-29-42)55(46-36-30-43(31-37-46)41-18-7-2-8-19-41)47-38-32-44(33-39-47)50-24-15-27-53-54(50)56-51-25-13-14-26-52(51)57(53,48-20-9-3-10-21-48)49-22-11-4-12-23-49/h1-39H. The van der Waals surface area contributed by atoms with Crippen molar-refractivity contribution in [2.75, 3.05) is 4.90 Å². The average Bonchev–Trinajstić information content (AvgIpc) is 3.30. The van der Waals surface area contributed by atoms with Gasteiger partial charge in [-0.15, -0.1) is 0 Å². The summed E-state index contributed by atoms with van der Waals surface area (Å²) in [7, 11) is -2.75. The molecular weight excluding hydrogens is 707 g/mol. The molecule has 0 fully saturated rings. The SMILES string of the molecule is c1ccc(-c2ccc(N(c3ccc(-c4ccccc4)cc3)c3ccc(-c4cccc5c4Oc4ccccc4[Si]5(c4ccccc4)c4ccccc4)cc3)cc2)cc1. The number of hydrogen-bond donors (Lipinski definition) is 0. The molecule has 9 aromatic carbocycles. The van der Waals surface area contributed by atoms with Gasteiger partial charge >= 0.3 is 0 Å². The summed E-state index contributed by atoms with van der Waals surface area (Å²) >= 11 is 0. The molecule has 1 heterocycles. The van der Waals surface area contributed by atoms with Gasteiger partial charge in [-0.2, -0.15) is 0 Å². The average molecular weight is 746 g/mol. The lowest BCUT2D eigenvalue weighted by Crippen LogP contribution is -2.76. The molecule has 0 N–H and O–H groups in total. The van der Waals surface area contributed by atoms with Gasteiger partial charge in [-0.1, -0.05) is 194 Å². The van der Waals surface area contributed by atoms with Crippen molar-refractivity contribution in [1.82, 2.24) is 0 Å². The van der Waals surface area contributed by atoms with Crippen LogP contribution in [0.25, 0.3) is 33.4 Å². The van der Waals surface area contributed by atoms with Gasteiger partial charge in [0, 0.05) is 22.6 Å². The molecule has 270 valence electrons. The van der Waals surface area contributed by atoms with E-state index in [0.29, 0.717) is 0 Å². The third kappa shape index (κ3) is 6.15. The largest absolute Gasteiger partial charge is 0.457 e.